The summed E-state index contributed by atoms with van der Waals surface area (Å²) in [4.78, 5) is 0. The third-order valence-corrected chi connectivity index (χ3v) is 3.59. The maximum atomic E-state index is 8.87. The van der Waals surface area contributed by atoms with Crippen molar-refractivity contribution < 1.29 is 14.6 Å². The Bertz CT molecular complexity index is 439. The van der Waals surface area contributed by atoms with E-state index in [1.807, 2.05) is 12.1 Å². The van der Waals surface area contributed by atoms with Gasteiger partial charge in [0, 0.05) is 19.6 Å². The molecular formula is C15H22ClNO3. The van der Waals surface area contributed by atoms with Gasteiger partial charge in [0.1, 0.15) is 0 Å². The first kappa shape index (κ1) is 15.4. The van der Waals surface area contributed by atoms with Crippen molar-refractivity contribution in [3.8, 4) is 11.5 Å². The number of halogens is 1. The Balaban J connectivity index is 1.95. The minimum Gasteiger partial charge on any atom is -0.489 e. The van der Waals surface area contributed by atoms with E-state index in [0.29, 0.717) is 29.9 Å². The second-order valence-corrected chi connectivity index (χ2v) is 5.61. The number of nitrogens with one attached hydrogen (secondary N) is 1. The van der Waals surface area contributed by atoms with Crippen LogP contribution in [-0.4, -0.2) is 31.5 Å². The molecule has 1 heterocycles. The number of fused-ring (bicyclic) bond motifs is 1. The summed E-state index contributed by atoms with van der Waals surface area (Å²) in [6.07, 6.45) is 1.69. The van der Waals surface area contributed by atoms with Crippen molar-refractivity contribution in [3.05, 3.63) is 22.7 Å². The van der Waals surface area contributed by atoms with Gasteiger partial charge in [-0.1, -0.05) is 18.5 Å². The molecule has 0 fully saturated rings. The average Bonchev–Trinajstić information content (AvgIpc) is 2.64. The summed E-state index contributed by atoms with van der Waals surface area (Å²) in [7, 11) is 0. The van der Waals surface area contributed by atoms with Gasteiger partial charge in [-0.3, -0.25) is 0 Å². The standard InChI is InChI=1S/C15H22ClNO3/c1-11(3-4-18)9-17-10-12-7-13(16)15-14(8-12)19-5-2-6-20-15/h7-8,11,17-18H,2-6,9-10H2,1H3. The maximum Gasteiger partial charge on any atom is 0.179 e. The van der Waals surface area contributed by atoms with Crippen molar-refractivity contribution in [1.29, 1.82) is 0 Å². The van der Waals surface area contributed by atoms with Crippen molar-refractivity contribution in [3.63, 3.8) is 0 Å². The minimum atomic E-state index is 0.235. The summed E-state index contributed by atoms with van der Waals surface area (Å²) in [5.41, 5.74) is 1.08. The van der Waals surface area contributed by atoms with Crippen LogP contribution in [0.5, 0.6) is 11.5 Å². The summed E-state index contributed by atoms with van der Waals surface area (Å²) in [6.45, 7) is 5.25. The van der Waals surface area contributed by atoms with Crippen LogP contribution < -0.4 is 14.8 Å². The molecule has 1 unspecified atom stereocenters. The predicted molar refractivity (Wildman–Crippen MR) is 79.6 cm³/mol. The van der Waals surface area contributed by atoms with Crippen LogP contribution in [0.25, 0.3) is 0 Å². The van der Waals surface area contributed by atoms with Gasteiger partial charge < -0.3 is 19.9 Å². The molecule has 0 radical (unpaired) electrons. The van der Waals surface area contributed by atoms with Gasteiger partial charge in [-0.25, -0.2) is 0 Å². The Morgan fingerprint density at radius 1 is 1.35 bits per heavy atom. The fraction of sp³-hybridized carbons (Fsp3) is 0.600. The lowest BCUT2D eigenvalue weighted by atomic mass is 10.1. The summed E-state index contributed by atoms with van der Waals surface area (Å²) in [5, 5.41) is 12.8. The van der Waals surface area contributed by atoms with Gasteiger partial charge in [0.15, 0.2) is 11.5 Å². The lowest BCUT2D eigenvalue weighted by Gasteiger charge is -2.14. The molecule has 1 aliphatic heterocycles. The molecule has 0 aliphatic carbocycles. The van der Waals surface area contributed by atoms with E-state index in [1.54, 1.807) is 0 Å². The highest BCUT2D eigenvalue weighted by atomic mass is 35.5. The van der Waals surface area contributed by atoms with E-state index in [2.05, 4.69) is 12.2 Å². The van der Waals surface area contributed by atoms with Crippen LogP contribution in [0.3, 0.4) is 0 Å². The van der Waals surface area contributed by atoms with Gasteiger partial charge in [-0.05, 0) is 36.6 Å². The zero-order chi connectivity index (χ0) is 14.4. The second kappa shape index (κ2) is 7.72. The molecule has 0 aromatic heterocycles. The van der Waals surface area contributed by atoms with Gasteiger partial charge in [-0.15, -0.1) is 0 Å². The van der Waals surface area contributed by atoms with E-state index < -0.39 is 0 Å². The van der Waals surface area contributed by atoms with Crippen molar-refractivity contribution in [2.24, 2.45) is 5.92 Å². The number of hydrogen-bond acceptors (Lipinski definition) is 4. The van der Waals surface area contributed by atoms with Crippen LogP contribution in [0.1, 0.15) is 25.3 Å². The third kappa shape index (κ3) is 4.27. The summed E-state index contributed by atoms with van der Waals surface area (Å²) in [6, 6.07) is 3.90. The fourth-order valence-electron chi connectivity index (χ4n) is 2.17. The fourth-order valence-corrected chi connectivity index (χ4v) is 2.46. The molecule has 2 N–H and O–H groups in total. The van der Waals surface area contributed by atoms with E-state index in [4.69, 9.17) is 26.2 Å². The van der Waals surface area contributed by atoms with Crippen molar-refractivity contribution in [2.75, 3.05) is 26.4 Å². The normalized spacial score (nSPS) is 15.8. The predicted octanol–water partition coefficient (Wildman–Crippen LogP) is 2.61. The molecule has 2 rings (SSSR count). The zero-order valence-electron chi connectivity index (χ0n) is 11.8. The van der Waals surface area contributed by atoms with Crippen LogP contribution in [0.15, 0.2) is 12.1 Å². The number of benzene rings is 1. The van der Waals surface area contributed by atoms with E-state index in [9.17, 15) is 0 Å². The number of ether oxygens (including phenoxy) is 2. The quantitative estimate of drug-likeness (QED) is 0.848. The molecule has 1 atom stereocenters. The van der Waals surface area contributed by atoms with Crippen molar-refractivity contribution >= 4 is 11.6 Å². The first-order valence-electron chi connectivity index (χ1n) is 7.10. The minimum absolute atomic E-state index is 0.235. The molecule has 0 saturated carbocycles. The number of hydrogen-bond donors (Lipinski definition) is 2. The summed E-state index contributed by atoms with van der Waals surface area (Å²) in [5.74, 6) is 1.84. The van der Waals surface area contributed by atoms with Gasteiger partial charge >= 0.3 is 0 Å². The molecule has 4 nitrogen and oxygen atoms in total. The Morgan fingerprint density at radius 2 is 2.15 bits per heavy atom. The molecule has 0 saturated heterocycles. The third-order valence-electron chi connectivity index (χ3n) is 3.31. The van der Waals surface area contributed by atoms with Crippen LogP contribution in [0.2, 0.25) is 5.02 Å². The van der Waals surface area contributed by atoms with Gasteiger partial charge in [0.05, 0.1) is 18.2 Å². The number of aliphatic hydroxyl groups is 1. The smallest absolute Gasteiger partial charge is 0.179 e. The Hall–Kier alpha value is -0.970. The van der Waals surface area contributed by atoms with Crippen LogP contribution in [0.4, 0.5) is 0 Å². The van der Waals surface area contributed by atoms with Crippen molar-refractivity contribution in [1.82, 2.24) is 5.32 Å². The first-order valence-corrected chi connectivity index (χ1v) is 7.48. The number of aliphatic hydroxyl groups excluding tert-OH is 1. The van der Waals surface area contributed by atoms with E-state index in [-0.39, 0.29) is 6.61 Å². The summed E-state index contributed by atoms with van der Waals surface area (Å²) >= 11 is 6.25. The van der Waals surface area contributed by atoms with Crippen LogP contribution >= 0.6 is 11.6 Å². The lowest BCUT2D eigenvalue weighted by molar-refractivity contribution is 0.260. The van der Waals surface area contributed by atoms with Crippen LogP contribution in [-0.2, 0) is 6.54 Å². The van der Waals surface area contributed by atoms with Gasteiger partial charge in [-0.2, -0.15) is 0 Å². The van der Waals surface area contributed by atoms with Gasteiger partial charge in [0.2, 0.25) is 0 Å². The van der Waals surface area contributed by atoms with E-state index in [0.717, 1.165) is 37.2 Å². The zero-order valence-corrected chi connectivity index (χ0v) is 12.6. The van der Waals surface area contributed by atoms with Crippen molar-refractivity contribution in [2.45, 2.75) is 26.3 Å². The SMILES string of the molecule is CC(CCO)CNCc1cc(Cl)c2c(c1)OCCCO2. The monoisotopic (exact) mass is 299 g/mol. The molecule has 5 heteroatoms. The topological polar surface area (TPSA) is 50.7 Å². The molecular weight excluding hydrogens is 278 g/mol. The highest BCUT2D eigenvalue weighted by molar-refractivity contribution is 6.32. The van der Waals surface area contributed by atoms with Crippen LogP contribution in [0, 0.1) is 5.92 Å². The van der Waals surface area contributed by atoms with Gasteiger partial charge in [0.25, 0.3) is 0 Å². The molecule has 112 valence electrons. The second-order valence-electron chi connectivity index (χ2n) is 5.20. The number of rotatable bonds is 6. The van der Waals surface area contributed by atoms with E-state index in [1.165, 1.54) is 0 Å². The Kier molecular flexibility index (Phi) is 5.95. The Morgan fingerprint density at radius 3 is 2.95 bits per heavy atom. The highest BCUT2D eigenvalue weighted by Gasteiger charge is 2.15. The molecule has 1 aliphatic rings. The molecule has 0 bridgehead atoms. The summed E-state index contributed by atoms with van der Waals surface area (Å²) < 4.78 is 11.3. The molecule has 1 aromatic carbocycles. The largest absolute Gasteiger partial charge is 0.489 e. The molecule has 0 spiro atoms. The average molecular weight is 300 g/mol. The first-order chi connectivity index (χ1) is 9.70. The van der Waals surface area contributed by atoms with E-state index >= 15 is 0 Å². The Labute approximate surface area is 125 Å². The molecule has 1 aromatic rings. The lowest BCUT2D eigenvalue weighted by Crippen LogP contribution is -2.21. The molecule has 0 amide bonds. The molecule has 20 heavy (non-hydrogen) atoms. The maximum absolute atomic E-state index is 8.87. The highest BCUT2D eigenvalue weighted by Crippen LogP contribution is 2.37.